The summed E-state index contributed by atoms with van der Waals surface area (Å²) in [6, 6.07) is 0. The van der Waals surface area contributed by atoms with E-state index in [9.17, 15) is 0 Å². The molecule has 5 heteroatoms. The second kappa shape index (κ2) is 5.72. The maximum Gasteiger partial charge on any atom is 0.338 e. The molecule has 80 valence electrons. The van der Waals surface area contributed by atoms with Gasteiger partial charge in [0.2, 0.25) is 0 Å². The van der Waals surface area contributed by atoms with E-state index in [1.54, 1.807) is 7.11 Å². The molecule has 0 fully saturated rings. The van der Waals surface area contributed by atoms with E-state index < -0.39 is 8.56 Å². The van der Waals surface area contributed by atoms with Gasteiger partial charge in [0.15, 0.2) is 0 Å². The molecule has 0 aliphatic carbocycles. The lowest BCUT2D eigenvalue weighted by Gasteiger charge is -2.31. The molecule has 0 heterocycles. The van der Waals surface area contributed by atoms with E-state index in [1.807, 2.05) is 6.55 Å². The van der Waals surface area contributed by atoms with Gasteiger partial charge in [0.25, 0.3) is 0 Å². The van der Waals surface area contributed by atoms with Crippen LogP contribution in [0.15, 0.2) is 0 Å². The minimum absolute atomic E-state index is 0.288. The Balaban J connectivity index is 4.10. The van der Waals surface area contributed by atoms with Crippen molar-refractivity contribution in [2.24, 2.45) is 11.5 Å². The molecule has 0 rings (SSSR count). The van der Waals surface area contributed by atoms with Crippen molar-refractivity contribution < 1.29 is 8.85 Å². The Morgan fingerprint density at radius 3 is 2.23 bits per heavy atom. The smallest absolute Gasteiger partial charge is 0.338 e. The normalized spacial score (nSPS) is 18.7. The fourth-order valence-corrected chi connectivity index (χ4v) is 2.50. The third-order valence-corrected chi connectivity index (χ3v) is 5.97. The van der Waals surface area contributed by atoms with Gasteiger partial charge in [-0.15, -0.1) is 0 Å². The fraction of sp³-hybridized carbons (Fsp3) is 1.00. The van der Waals surface area contributed by atoms with Gasteiger partial charge in [-0.1, -0.05) is 13.8 Å². The van der Waals surface area contributed by atoms with E-state index in [4.69, 9.17) is 20.3 Å². The van der Waals surface area contributed by atoms with Gasteiger partial charge in [0.1, 0.15) is 0 Å². The van der Waals surface area contributed by atoms with Gasteiger partial charge in [0, 0.05) is 7.11 Å². The average molecular weight is 206 g/mol. The van der Waals surface area contributed by atoms with Gasteiger partial charge in [-0.05, 0) is 25.1 Å². The Morgan fingerprint density at radius 2 is 1.92 bits per heavy atom. The topological polar surface area (TPSA) is 70.5 Å². The van der Waals surface area contributed by atoms with Gasteiger partial charge in [-0.3, -0.25) is 0 Å². The lowest BCUT2D eigenvalue weighted by molar-refractivity contribution is 0.126. The summed E-state index contributed by atoms with van der Waals surface area (Å²) < 4.78 is 11.1. The molecule has 0 aromatic heterocycles. The summed E-state index contributed by atoms with van der Waals surface area (Å²) in [6.45, 7) is 6.75. The first-order valence-corrected chi connectivity index (χ1v) is 7.04. The van der Waals surface area contributed by atoms with Crippen LogP contribution < -0.4 is 11.5 Å². The Hall–Kier alpha value is 0.0569. The molecule has 0 aliphatic heterocycles. The van der Waals surface area contributed by atoms with E-state index in [0.717, 1.165) is 0 Å². The summed E-state index contributed by atoms with van der Waals surface area (Å²) in [5, 5.41) is 0. The molecule has 2 atom stereocenters. The van der Waals surface area contributed by atoms with Crippen LogP contribution in [0.2, 0.25) is 12.1 Å². The summed E-state index contributed by atoms with van der Waals surface area (Å²) in [5.74, 6) is 0. The second-order valence-electron chi connectivity index (χ2n) is 3.61. The minimum atomic E-state index is -2.08. The van der Waals surface area contributed by atoms with Crippen LogP contribution >= 0.6 is 0 Å². The average Bonchev–Trinajstić information content (AvgIpc) is 2.04. The van der Waals surface area contributed by atoms with Crippen LogP contribution in [-0.4, -0.2) is 28.4 Å². The lowest BCUT2D eigenvalue weighted by atomic mass is 10.4. The van der Waals surface area contributed by atoms with Gasteiger partial charge in [0.05, 0.1) is 6.23 Å². The molecule has 0 radical (unpaired) electrons. The van der Waals surface area contributed by atoms with Crippen molar-refractivity contribution in [2.75, 3.05) is 13.7 Å². The summed E-state index contributed by atoms with van der Waals surface area (Å²) in [7, 11) is -0.400. The molecular formula is C8H22N2O2Si. The highest BCUT2D eigenvalue weighted by atomic mass is 28.4. The van der Waals surface area contributed by atoms with Crippen molar-refractivity contribution in [1.82, 2.24) is 0 Å². The quantitative estimate of drug-likeness (QED) is 0.497. The Morgan fingerprint density at radius 1 is 1.38 bits per heavy atom. The molecule has 0 spiro atoms. The molecule has 2 unspecified atom stereocenters. The molecule has 0 aromatic rings. The Kier molecular flexibility index (Phi) is 5.74. The van der Waals surface area contributed by atoms with E-state index in [1.165, 1.54) is 0 Å². The first kappa shape index (κ1) is 13.1. The summed E-state index contributed by atoms with van der Waals surface area (Å²) in [5.41, 5.74) is 11.5. The molecule has 0 bridgehead atoms. The van der Waals surface area contributed by atoms with E-state index in [2.05, 4.69) is 13.8 Å². The van der Waals surface area contributed by atoms with Gasteiger partial charge >= 0.3 is 8.56 Å². The van der Waals surface area contributed by atoms with Gasteiger partial charge in [-0.2, -0.15) is 0 Å². The minimum Gasteiger partial charge on any atom is -0.398 e. The van der Waals surface area contributed by atoms with Gasteiger partial charge < -0.3 is 20.3 Å². The van der Waals surface area contributed by atoms with Crippen LogP contribution in [0.25, 0.3) is 0 Å². The van der Waals surface area contributed by atoms with Crippen molar-refractivity contribution in [3.05, 3.63) is 0 Å². The number of hydrogen-bond acceptors (Lipinski definition) is 4. The van der Waals surface area contributed by atoms with Crippen LogP contribution in [0, 0.1) is 0 Å². The molecule has 4 nitrogen and oxygen atoms in total. The van der Waals surface area contributed by atoms with E-state index >= 15 is 0 Å². The van der Waals surface area contributed by atoms with Crippen LogP contribution in [0.3, 0.4) is 0 Å². The van der Waals surface area contributed by atoms with Crippen molar-refractivity contribution in [3.8, 4) is 0 Å². The highest BCUT2D eigenvalue weighted by Crippen LogP contribution is 2.23. The maximum atomic E-state index is 5.74. The van der Waals surface area contributed by atoms with Crippen LogP contribution in [-0.2, 0) is 8.85 Å². The zero-order chi connectivity index (χ0) is 10.5. The summed E-state index contributed by atoms with van der Waals surface area (Å²) in [4.78, 5) is 0. The standard InChI is InChI=1S/C8H22N2O2Si/c1-7(2)13(4,11-3)12-8(10)5-6-9/h7-8H,5-6,9-10H2,1-4H3. The number of hydrogen-bond donors (Lipinski definition) is 2. The Bertz CT molecular complexity index is 146. The molecule has 0 amide bonds. The monoisotopic (exact) mass is 206 g/mol. The molecule has 4 N–H and O–H groups in total. The Labute approximate surface area is 81.8 Å². The summed E-state index contributed by atoms with van der Waals surface area (Å²) in [6.07, 6.45) is 0.391. The van der Waals surface area contributed by atoms with E-state index in [-0.39, 0.29) is 6.23 Å². The van der Waals surface area contributed by atoms with Crippen LogP contribution in [0.1, 0.15) is 20.3 Å². The van der Waals surface area contributed by atoms with Gasteiger partial charge in [-0.25, -0.2) is 0 Å². The first-order valence-electron chi connectivity index (χ1n) is 4.65. The molecule has 0 saturated heterocycles. The van der Waals surface area contributed by atoms with Crippen molar-refractivity contribution in [1.29, 1.82) is 0 Å². The number of rotatable bonds is 6. The summed E-state index contributed by atoms with van der Waals surface area (Å²) >= 11 is 0. The SMILES string of the molecule is CO[Si](C)(OC(N)CCN)C(C)C. The second-order valence-corrected chi connectivity index (χ2v) is 7.44. The predicted molar refractivity (Wildman–Crippen MR) is 56.5 cm³/mol. The third kappa shape index (κ3) is 4.19. The lowest BCUT2D eigenvalue weighted by Crippen LogP contribution is -2.47. The van der Waals surface area contributed by atoms with Crippen LogP contribution in [0.5, 0.6) is 0 Å². The predicted octanol–water partition coefficient (Wildman–Crippen LogP) is 0.765. The highest BCUT2D eigenvalue weighted by Gasteiger charge is 2.36. The molecule has 0 saturated carbocycles. The van der Waals surface area contributed by atoms with Crippen molar-refractivity contribution in [3.63, 3.8) is 0 Å². The molecule has 0 aliphatic rings. The van der Waals surface area contributed by atoms with Crippen molar-refractivity contribution in [2.45, 2.75) is 38.6 Å². The zero-order valence-electron chi connectivity index (χ0n) is 9.04. The van der Waals surface area contributed by atoms with Crippen LogP contribution in [0.4, 0.5) is 0 Å². The zero-order valence-corrected chi connectivity index (χ0v) is 10.0. The first-order chi connectivity index (χ1) is 5.96. The molecule has 0 aromatic carbocycles. The van der Waals surface area contributed by atoms with E-state index in [0.29, 0.717) is 18.5 Å². The highest BCUT2D eigenvalue weighted by molar-refractivity contribution is 6.67. The van der Waals surface area contributed by atoms with Crippen molar-refractivity contribution >= 4 is 8.56 Å². The third-order valence-electron chi connectivity index (χ3n) is 2.29. The maximum absolute atomic E-state index is 5.74. The largest absolute Gasteiger partial charge is 0.398 e. The molecular weight excluding hydrogens is 184 g/mol. The molecule has 13 heavy (non-hydrogen) atoms. The number of nitrogens with two attached hydrogens (primary N) is 2. The fourth-order valence-electron chi connectivity index (χ4n) is 0.944.